The third kappa shape index (κ3) is 4.07. The van der Waals surface area contributed by atoms with E-state index in [1.165, 1.54) is 12.8 Å². The van der Waals surface area contributed by atoms with Crippen LogP contribution in [0.1, 0.15) is 35.7 Å². The molecule has 126 valence electrons. The number of rotatable bonds is 7. The lowest BCUT2D eigenvalue weighted by Gasteiger charge is -2.15. The Kier molecular flexibility index (Phi) is 5.04. The van der Waals surface area contributed by atoms with Gasteiger partial charge in [-0.25, -0.2) is 0 Å². The first-order valence-electron chi connectivity index (χ1n) is 8.33. The summed E-state index contributed by atoms with van der Waals surface area (Å²) in [4.78, 5) is 12.3. The van der Waals surface area contributed by atoms with Crippen molar-refractivity contribution in [3.8, 4) is 11.5 Å². The van der Waals surface area contributed by atoms with E-state index in [-0.39, 0.29) is 11.9 Å². The molecule has 0 bridgehead atoms. The Hall–Kier alpha value is -2.49. The maximum atomic E-state index is 12.3. The van der Waals surface area contributed by atoms with Crippen molar-refractivity contribution in [1.29, 1.82) is 0 Å². The van der Waals surface area contributed by atoms with Crippen molar-refractivity contribution in [2.75, 3.05) is 7.11 Å². The molecule has 2 aromatic carbocycles. The van der Waals surface area contributed by atoms with Gasteiger partial charge in [0.2, 0.25) is 0 Å². The van der Waals surface area contributed by atoms with E-state index in [9.17, 15) is 4.79 Å². The molecule has 1 aliphatic carbocycles. The minimum atomic E-state index is -0.0673. The first-order chi connectivity index (χ1) is 11.7. The van der Waals surface area contributed by atoms with Gasteiger partial charge in [-0.1, -0.05) is 30.3 Å². The van der Waals surface area contributed by atoms with Crippen molar-refractivity contribution in [3.05, 3.63) is 59.7 Å². The summed E-state index contributed by atoms with van der Waals surface area (Å²) in [7, 11) is 1.58. The van der Waals surface area contributed by atoms with Gasteiger partial charge in [0.05, 0.1) is 7.11 Å². The molecule has 1 N–H and O–H groups in total. The molecule has 1 aliphatic rings. The number of ether oxygens (including phenoxy) is 2. The first kappa shape index (κ1) is 16.4. The molecule has 2 aromatic rings. The highest BCUT2D eigenvalue weighted by Crippen LogP contribution is 2.33. The van der Waals surface area contributed by atoms with E-state index in [2.05, 4.69) is 12.2 Å². The molecule has 0 aliphatic heterocycles. The van der Waals surface area contributed by atoms with Crippen LogP contribution < -0.4 is 14.8 Å². The number of hydrogen-bond donors (Lipinski definition) is 1. The Balaban J connectivity index is 1.66. The van der Waals surface area contributed by atoms with Crippen LogP contribution in [0.2, 0.25) is 0 Å². The van der Waals surface area contributed by atoms with Crippen molar-refractivity contribution >= 4 is 5.91 Å². The van der Waals surface area contributed by atoms with E-state index in [1.807, 2.05) is 30.3 Å². The van der Waals surface area contributed by atoms with Gasteiger partial charge in [0, 0.05) is 11.6 Å². The predicted molar refractivity (Wildman–Crippen MR) is 93.4 cm³/mol. The van der Waals surface area contributed by atoms with Crippen LogP contribution in [0, 0.1) is 5.92 Å². The molecular weight excluding hydrogens is 302 g/mol. The SMILES string of the molecule is COc1cc(C(=O)NC(C)C2CC2)ccc1OCc1ccccc1. The molecule has 3 rings (SSSR count). The van der Waals surface area contributed by atoms with Crippen LogP contribution in [-0.4, -0.2) is 19.1 Å². The highest BCUT2D eigenvalue weighted by atomic mass is 16.5. The number of hydrogen-bond acceptors (Lipinski definition) is 3. The minimum absolute atomic E-state index is 0.0673. The molecule has 4 heteroatoms. The van der Waals surface area contributed by atoms with Crippen LogP contribution in [0.25, 0.3) is 0 Å². The molecule has 1 atom stereocenters. The molecule has 0 aromatic heterocycles. The Morgan fingerprint density at radius 1 is 1.17 bits per heavy atom. The molecule has 1 saturated carbocycles. The lowest BCUT2D eigenvalue weighted by atomic mass is 10.1. The Morgan fingerprint density at radius 2 is 1.92 bits per heavy atom. The van der Waals surface area contributed by atoms with Crippen LogP contribution >= 0.6 is 0 Å². The Bertz CT molecular complexity index is 695. The highest BCUT2D eigenvalue weighted by molar-refractivity contribution is 5.95. The van der Waals surface area contributed by atoms with Gasteiger partial charge < -0.3 is 14.8 Å². The number of nitrogens with one attached hydrogen (secondary N) is 1. The van der Waals surface area contributed by atoms with Gasteiger partial charge in [-0.3, -0.25) is 4.79 Å². The van der Waals surface area contributed by atoms with Crippen molar-refractivity contribution in [2.45, 2.75) is 32.4 Å². The normalized spacial score (nSPS) is 14.8. The zero-order chi connectivity index (χ0) is 16.9. The minimum Gasteiger partial charge on any atom is -0.493 e. The van der Waals surface area contributed by atoms with Gasteiger partial charge in [0.15, 0.2) is 11.5 Å². The van der Waals surface area contributed by atoms with Gasteiger partial charge in [0.25, 0.3) is 5.91 Å². The monoisotopic (exact) mass is 325 g/mol. The number of methoxy groups -OCH3 is 1. The largest absolute Gasteiger partial charge is 0.493 e. The maximum Gasteiger partial charge on any atom is 0.251 e. The summed E-state index contributed by atoms with van der Waals surface area (Å²) < 4.78 is 11.2. The van der Waals surface area contributed by atoms with Crippen molar-refractivity contribution in [1.82, 2.24) is 5.32 Å². The Morgan fingerprint density at radius 3 is 2.58 bits per heavy atom. The molecule has 1 amide bonds. The van der Waals surface area contributed by atoms with E-state index in [1.54, 1.807) is 25.3 Å². The first-order valence-corrected chi connectivity index (χ1v) is 8.33. The summed E-state index contributed by atoms with van der Waals surface area (Å²) in [5.41, 5.74) is 1.67. The van der Waals surface area contributed by atoms with Crippen molar-refractivity contribution in [3.63, 3.8) is 0 Å². The van der Waals surface area contributed by atoms with E-state index in [0.29, 0.717) is 29.6 Å². The van der Waals surface area contributed by atoms with Crippen LogP contribution in [0.3, 0.4) is 0 Å². The number of amides is 1. The van der Waals surface area contributed by atoms with Crippen molar-refractivity contribution < 1.29 is 14.3 Å². The standard InChI is InChI=1S/C20H23NO3/c1-14(16-8-9-16)21-20(22)17-10-11-18(19(12-17)23-2)24-13-15-6-4-3-5-7-15/h3-7,10-12,14,16H,8-9,13H2,1-2H3,(H,21,22). The van der Waals surface area contributed by atoms with Crippen LogP contribution in [0.5, 0.6) is 11.5 Å². The second-order valence-electron chi connectivity index (χ2n) is 6.24. The van der Waals surface area contributed by atoms with Crippen LogP contribution in [0.15, 0.2) is 48.5 Å². The van der Waals surface area contributed by atoms with E-state index >= 15 is 0 Å². The summed E-state index contributed by atoms with van der Waals surface area (Å²) in [6, 6.07) is 15.5. The fourth-order valence-corrected chi connectivity index (χ4v) is 2.67. The molecule has 4 nitrogen and oxygen atoms in total. The summed E-state index contributed by atoms with van der Waals surface area (Å²) >= 11 is 0. The third-order valence-corrected chi connectivity index (χ3v) is 4.35. The predicted octanol–water partition coefficient (Wildman–Crippen LogP) is 3.80. The molecule has 0 saturated heterocycles. The quantitative estimate of drug-likeness (QED) is 0.842. The summed E-state index contributed by atoms with van der Waals surface area (Å²) in [6.07, 6.45) is 2.41. The number of benzene rings is 2. The number of carbonyl (C=O) groups is 1. The third-order valence-electron chi connectivity index (χ3n) is 4.35. The Labute approximate surface area is 142 Å². The molecule has 0 heterocycles. The second kappa shape index (κ2) is 7.39. The molecular formula is C20H23NO3. The van der Waals surface area contributed by atoms with Gasteiger partial charge in [-0.2, -0.15) is 0 Å². The van der Waals surface area contributed by atoms with Gasteiger partial charge in [-0.05, 0) is 49.4 Å². The zero-order valence-electron chi connectivity index (χ0n) is 14.1. The topological polar surface area (TPSA) is 47.6 Å². The average molecular weight is 325 g/mol. The molecule has 1 fully saturated rings. The average Bonchev–Trinajstić information content (AvgIpc) is 3.45. The second-order valence-corrected chi connectivity index (χ2v) is 6.24. The molecule has 0 radical (unpaired) electrons. The summed E-state index contributed by atoms with van der Waals surface area (Å²) in [5.74, 6) is 1.76. The highest BCUT2D eigenvalue weighted by Gasteiger charge is 2.29. The molecule has 0 spiro atoms. The van der Waals surface area contributed by atoms with Gasteiger partial charge >= 0.3 is 0 Å². The van der Waals surface area contributed by atoms with E-state index < -0.39 is 0 Å². The van der Waals surface area contributed by atoms with Crippen LogP contribution in [-0.2, 0) is 6.61 Å². The smallest absolute Gasteiger partial charge is 0.251 e. The molecule has 24 heavy (non-hydrogen) atoms. The van der Waals surface area contributed by atoms with Gasteiger partial charge in [0.1, 0.15) is 6.61 Å². The number of carbonyl (C=O) groups excluding carboxylic acids is 1. The van der Waals surface area contributed by atoms with Crippen molar-refractivity contribution in [2.24, 2.45) is 5.92 Å². The van der Waals surface area contributed by atoms with E-state index in [4.69, 9.17) is 9.47 Å². The fraction of sp³-hybridized carbons (Fsp3) is 0.350. The summed E-state index contributed by atoms with van der Waals surface area (Å²) in [6.45, 7) is 2.52. The lowest BCUT2D eigenvalue weighted by molar-refractivity contribution is 0.0935. The zero-order valence-corrected chi connectivity index (χ0v) is 14.1. The van der Waals surface area contributed by atoms with E-state index in [0.717, 1.165) is 5.56 Å². The summed E-state index contributed by atoms with van der Waals surface area (Å²) in [5, 5.41) is 3.05. The molecule has 1 unspecified atom stereocenters. The van der Waals surface area contributed by atoms with Gasteiger partial charge in [-0.15, -0.1) is 0 Å². The lowest BCUT2D eigenvalue weighted by Crippen LogP contribution is -2.33. The van der Waals surface area contributed by atoms with Crippen LogP contribution in [0.4, 0.5) is 0 Å². The maximum absolute atomic E-state index is 12.3. The fourth-order valence-electron chi connectivity index (χ4n) is 2.67.